The smallest absolute Gasteiger partial charge is 0.335 e. The van der Waals surface area contributed by atoms with E-state index < -0.39 is 17.4 Å². The van der Waals surface area contributed by atoms with Crippen molar-refractivity contribution in [3.63, 3.8) is 0 Å². The van der Waals surface area contributed by atoms with Crippen molar-refractivity contribution in [1.82, 2.24) is 0 Å². The number of thioether (sulfide) groups is 1. The molecule has 0 spiro atoms. The first kappa shape index (κ1) is 14.6. The summed E-state index contributed by atoms with van der Waals surface area (Å²) in [6.07, 6.45) is 0. The Balaban J connectivity index is 2.84. The lowest BCUT2D eigenvalue weighted by atomic mass is 9.97. The molecule has 0 fully saturated rings. The average molecular weight is 268 g/mol. The van der Waals surface area contributed by atoms with Crippen LogP contribution in [0, 0.1) is 12.3 Å². The zero-order valence-electron chi connectivity index (χ0n) is 10.6. The number of carboxylic acids is 2. The minimum Gasteiger partial charge on any atom is -0.481 e. The number of hydrogen-bond donors (Lipinski definition) is 2. The van der Waals surface area contributed by atoms with Crippen molar-refractivity contribution >= 4 is 23.7 Å². The number of rotatable bonds is 5. The fraction of sp³-hybridized carbons (Fsp3) is 0.385. The van der Waals surface area contributed by atoms with Gasteiger partial charge in [0.05, 0.1) is 11.0 Å². The second-order valence-corrected chi connectivity index (χ2v) is 5.81. The average Bonchev–Trinajstić information content (AvgIpc) is 2.27. The van der Waals surface area contributed by atoms with Crippen LogP contribution in [0.2, 0.25) is 0 Å². The van der Waals surface area contributed by atoms with Crippen LogP contribution in [0.4, 0.5) is 0 Å². The number of carboxylic acid groups (broad SMARTS) is 2. The SMILES string of the molecule is Cc1ccc(SCC(C)(C)C(=O)O)cc1C(=O)O. The van der Waals surface area contributed by atoms with E-state index in [1.807, 2.05) is 6.07 Å². The minimum absolute atomic E-state index is 0.258. The maximum atomic E-state index is 11.0. The van der Waals surface area contributed by atoms with Crippen molar-refractivity contribution in [2.75, 3.05) is 5.75 Å². The molecule has 1 aromatic rings. The molecule has 2 N–H and O–H groups in total. The molecule has 0 aliphatic heterocycles. The molecule has 18 heavy (non-hydrogen) atoms. The van der Waals surface area contributed by atoms with E-state index in [0.29, 0.717) is 11.3 Å². The number of benzene rings is 1. The van der Waals surface area contributed by atoms with Crippen molar-refractivity contribution < 1.29 is 19.8 Å². The van der Waals surface area contributed by atoms with E-state index in [2.05, 4.69) is 0 Å². The van der Waals surface area contributed by atoms with Gasteiger partial charge in [-0.1, -0.05) is 6.07 Å². The van der Waals surface area contributed by atoms with Crippen LogP contribution in [0.3, 0.4) is 0 Å². The third kappa shape index (κ3) is 3.50. The van der Waals surface area contributed by atoms with E-state index in [4.69, 9.17) is 10.2 Å². The summed E-state index contributed by atoms with van der Waals surface area (Å²) < 4.78 is 0. The number of aryl methyl sites for hydroxylation is 1. The molecule has 5 heteroatoms. The topological polar surface area (TPSA) is 74.6 Å². The fourth-order valence-electron chi connectivity index (χ4n) is 1.25. The second-order valence-electron chi connectivity index (χ2n) is 4.76. The highest BCUT2D eigenvalue weighted by Gasteiger charge is 2.27. The molecule has 98 valence electrons. The van der Waals surface area contributed by atoms with Gasteiger partial charge >= 0.3 is 11.9 Å². The van der Waals surface area contributed by atoms with Crippen LogP contribution >= 0.6 is 11.8 Å². The third-order valence-electron chi connectivity index (χ3n) is 2.62. The van der Waals surface area contributed by atoms with E-state index in [1.165, 1.54) is 11.8 Å². The molecule has 0 atom stereocenters. The summed E-state index contributed by atoms with van der Waals surface area (Å²) in [5.74, 6) is -1.43. The fourth-order valence-corrected chi connectivity index (χ4v) is 2.26. The highest BCUT2D eigenvalue weighted by Crippen LogP contribution is 2.29. The Morgan fingerprint density at radius 2 is 1.89 bits per heavy atom. The lowest BCUT2D eigenvalue weighted by molar-refractivity contribution is -0.145. The molecule has 0 saturated heterocycles. The van der Waals surface area contributed by atoms with Crippen molar-refractivity contribution in [2.45, 2.75) is 25.7 Å². The van der Waals surface area contributed by atoms with Gasteiger partial charge in [0, 0.05) is 10.6 Å². The van der Waals surface area contributed by atoms with Crippen LogP contribution in [0.25, 0.3) is 0 Å². The molecule has 0 unspecified atom stereocenters. The van der Waals surface area contributed by atoms with Crippen LogP contribution in [-0.4, -0.2) is 27.9 Å². The van der Waals surface area contributed by atoms with Crippen molar-refractivity contribution in [3.05, 3.63) is 29.3 Å². The monoisotopic (exact) mass is 268 g/mol. The molecule has 1 aromatic carbocycles. The quantitative estimate of drug-likeness (QED) is 0.803. The van der Waals surface area contributed by atoms with Crippen LogP contribution in [0.1, 0.15) is 29.8 Å². The Morgan fingerprint density at radius 3 is 2.39 bits per heavy atom. The van der Waals surface area contributed by atoms with Gasteiger partial charge in [-0.2, -0.15) is 0 Å². The Bertz CT molecular complexity index is 480. The molecule has 4 nitrogen and oxygen atoms in total. The van der Waals surface area contributed by atoms with Crippen LogP contribution in [-0.2, 0) is 4.79 Å². The summed E-state index contributed by atoms with van der Waals surface area (Å²) in [6, 6.07) is 5.13. The Morgan fingerprint density at radius 1 is 1.28 bits per heavy atom. The summed E-state index contributed by atoms with van der Waals surface area (Å²) in [5.41, 5.74) is 0.122. The van der Waals surface area contributed by atoms with Gasteiger partial charge < -0.3 is 10.2 Å². The highest BCUT2D eigenvalue weighted by molar-refractivity contribution is 7.99. The maximum Gasteiger partial charge on any atom is 0.335 e. The first-order valence-corrected chi connectivity index (χ1v) is 6.43. The van der Waals surface area contributed by atoms with E-state index in [1.54, 1.807) is 32.9 Å². The van der Waals surface area contributed by atoms with Crippen LogP contribution in [0.15, 0.2) is 23.1 Å². The van der Waals surface area contributed by atoms with E-state index in [9.17, 15) is 9.59 Å². The maximum absolute atomic E-state index is 11.0. The lowest BCUT2D eigenvalue weighted by Crippen LogP contribution is -2.26. The number of carbonyl (C=O) groups is 2. The van der Waals surface area contributed by atoms with Crippen LogP contribution < -0.4 is 0 Å². The number of aliphatic carboxylic acids is 1. The molecule has 0 heterocycles. The van der Waals surface area contributed by atoms with E-state index in [-0.39, 0.29) is 5.56 Å². The number of aromatic carboxylic acids is 1. The molecule has 0 aliphatic rings. The summed E-state index contributed by atoms with van der Waals surface area (Å²) >= 11 is 1.35. The Kier molecular flexibility index (Phi) is 4.40. The van der Waals surface area contributed by atoms with E-state index >= 15 is 0 Å². The Labute approximate surface area is 110 Å². The van der Waals surface area contributed by atoms with Gasteiger partial charge in [-0.25, -0.2) is 4.79 Å². The van der Waals surface area contributed by atoms with Crippen molar-refractivity contribution in [1.29, 1.82) is 0 Å². The molecule has 0 saturated carbocycles. The third-order valence-corrected chi connectivity index (χ3v) is 4.07. The molecule has 0 amide bonds. The zero-order chi connectivity index (χ0) is 13.9. The van der Waals surface area contributed by atoms with Crippen molar-refractivity contribution in [2.24, 2.45) is 5.41 Å². The Hall–Kier alpha value is -1.49. The normalized spacial score (nSPS) is 11.3. The van der Waals surface area contributed by atoms with Gasteiger partial charge in [-0.05, 0) is 38.5 Å². The highest BCUT2D eigenvalue weighted by atomic mass is 32.2. The van der Waals surface area contributed by atoms with Gasteiger partial charge in [0.15, 0.2) is 0 Å². The van der Waals surface area contributed by atoms with Gasteiger partial charge in [0.1, 0.15) is 0 Å². The summed E-state index contributed by atoms with van der Waals surface area (Å²) in [7, 11) is 0. The summed E-state index contributed by atoms with van der Waals surface area (Å²) in [6.45, 7) is 5.03. The standard InChI is InChI=1S/C13H16O4S/c1-8-4-5-9(6-10(8)11(14)15)18-7-13(2,3)12(16)17/h4-6H,7H2,1-3H3,(H,14,15)(H,16,17). The molecule has 0 aliphatic carbocycles. The molecule has 0 aromatic heterocycles. The largest absolute Gasteiger partial charge is 0.481 e. The molecular formula is C13H16O4S. The summed E-state index contributed by atoms with van der Waals surface area (Å²) in [4.78, 5) is 22.7. The van der Waals surface area contributed by atoms with Gasteiger partial charge in [0.25, 0.3) is 0 Å². The molecule has 1 rings (SSSR count). The predicted molar refractivity (Wildman–Crippen MR) is 70.3 cm³/mol. The van der Waals surface area contributed by atoms with Gasteiger partial charge in [-0.15, -0.1) is 11.8 Å². The minimum atomic E-state index is -0.965. The molecule has 0 radical (unpaired) electrons. The van der Waals surface area contributed by atoms with Gasteiger partial charge in [-0.3, -0.25) is 4.79 Å². The summed E-state index contributed by atoms with van der Waals surface area (Å²) in [5, 5.41) is 18.0. The van der Waals surface area contributed by atoms with Crippen molar-refractivity contribution in [3.8, 4) is 0 Å². The van der Waals surface area contributed by atoms with Crippen LogP contribution in [0.5, 0.6) is 0 Å². The number of hydrogen-bond acceptors (Lipinski definition) is 3. The second kappa shape index (κ2) is 5.44. The first-order chi connectivity index (χ1) is 8.24. The molecular weight excluding hydrogens is 252 g/mol. The molecule has 0 bridgehead atoms. The van der Waals surface area contributed by atoms with Gasteiger partial charge in [0.2, 0.25) is 0 Å². The van der Waals surface area contributed by atoms with E-state index in [0.717, 1.165) is 4.90 Å². The first-order valence-electron chi connectivity index (χ1n) is 5.44. The lowest BCUT2D eigenvalue weighted by Gasteiger charge is -2.18. The zero-order valence-corrected chi connectivity index (χ0v) is 11.4. The predicted octanol–water partition coefficient (Wildman–Crippen LogP) is 2.90.